The summed E-state index contributed by atoms with van der Waals surface area (Å²) in [7, 11) is 0. The Balaban J connectivity index is 1.45. The van der Waals surface area contributed by atoms with Crippen LogP contribution in [0.15, 0.2) is 0 Å². The van der Waals surface area contributed by atoms with E-state index in [2.05, 4.69) is 26.1 Å². The molecule has 29 heavy (non-hydrogen) atoms. The maximum Gasteiger partial charge on any atom is 0.221 e. The number of aliphatic hydroxyl groups excluding tert-OH is 2. The molecule has 1 unspecified atom stereocenters. The average molecular weight is 406 g/mol. The summed E-state index contributed by atoms with van der Waals surface area (Å²) in [6, 6.07) is 0. The Bertz CT molecular complexity index is 609. The lowest BCUT2D eigenvalue weighted by molar-refractivity contribution is -0.130. The second-order valence-electron chi connectivity index (χ2n) is 11.6. The third kappa shape index (κ3) is 3.67. The first-order valence-corrected chi connectivity index (χ1v) is 12.3. The molecule has 0 heterocycles. The number of nitrogens with one attached hydrogen (secondary N) is 1. The third-order valence-corrected chi connectivity index (χ3v) is 10.5. The predicted molar refractivity (Wildman–Crippen MR) is 115 cm³/mol. The normalized spacial score (nSPS) is 47.6. The lowest BCUT2D eigenvalue weighted by Gasteiger charge is -2.61. The van der Waals surface area contributed by atoms with Crippen molar-refractivity contribution in [2.24, 2.45) is 46.3 Å². The molecule has 3 N–H and O–H groups in total. The highest BCUT2D eigenvalue weighted by atomic mass is 16.3. The highest BCUT2D eigenvalue weighted by Gasteiger charge is 2.60. The van der Waals surface area contributed by atoms with Crippen LogP contribution in [0.25, 0.3) is 0 Å². The number of carbonyl (C=O) groups excluding carboxylic acids is 1. The lowest BCUT2D eigenvalue weighted by atomic mass is 9.44. The van der Waals surface area contributed by atoms with Crippen LogP contribution in [0, 0.1) is 46.3 Å². The van der Waals surface area contributed by atoms with Crippen molar-refractivity contribution >= 4 is 5.91 Å². The average Bonchev–Trinajstić information content (AvgIpc) is 3.04. The molecule has 4 rings (SSSR count). The molecule has 166 valence electrons. The summed E-state index contributed by atoms with van der Waals surface area (Å²) in [5, 5.41) is 21.6. The standard InChI is InChI=1S/C25H43NO3/c1-16(4-9-23(29)26-15-27)20-7-8-21-19-6-5-17-14-18(28)10-12-24(17,2)22(19)11-13-25(20,21)3/h16-22,27-28H,4-15H2,1-3H3,(H,26,29)/t16?,17-,18-,19+,20-,21+,22+,24+,25-/m1/s1. The van der Waals surface area contributed by atoms with Gasteiger partial charge in [0.1, 0.15) is 6.73 Å². The summed E-state index contributed by atoms with van der Waals surface area (Å²) in [6.45, 7) is 7.25. The largest absolute Gasteiger partial charge is 0.393 e. The van der Waals surface area contributed by atoms with Crippen LogP contribution in [0.3, 0.4) is 0 Å². The number of fused-ring (bicyclic) bond motifs is 5. The van der Waals surface area contributed by atoms with Gasteiger partial charge >= 0.3 is 0 Å². The van der Waals surface area contributed by atoms with Crippen LogP contribution in [0.1, 0.15) is 91.4 Å². The number of hydrogen-bond donors (Lipinski definition) is 3. The fourth-order valence-electron chi connectivity index (χ4n) is 8.95. The Kier molecular flexibility index (Phi) is 6.07. The van der Waals surface area contributed by atoms with Crippen molar-refractivity contribution < 1.29 is 15.0 Å². The first kappa shape index (κ1) is 21.6. The molecule has 4 fully saturated rings. The van der Waals surface area contributed by atoms with Crippen molar-refractivity contribution in [2.45, 2.75) is 97.5 Å². The van der Waals surface area contributed by atoms with Gasteiger partial charge in [-0.2, -0.15) is 0 Å². The number of rotatable bonds is 5. The third-order valence-electron chi connectivity index (χ3n) is 10.5. The van der Waals surface area contributed by atoms with Crippen molar-refractivity contribution in [3.05, 3.63) is 0 Å². The molecule has 4 aliphatic carbocycles. The molecule has 0 aromatic rings. The molecule has 9 atom stereocenters. The van der Waals surface area contributed by atoms with Gasteiger partial charge in [0.25, 0.3) is 0 Å². The highest BCUT2D eigenvalue weighted by molar-refractivity contribution is 5.75. The predicted octanol–water partition coefficient (Wildman–Crippen LogP) is 4.49. The summed E-state index contributed by atoms with van der Waals surface area (Å²) in [6.07, 6.45) is 12.8. The van der Waals surface area contributed by atoms with E-state index in [1.807, 2.05) is 0 Å². The zero-order valence-electron chi connectivity index (χ0n) is 18.8. The van der Waals surface area contributed by atoms with E-state index in [0.717, 1.165) is 48.9 Å². The van der Waals surface area contributed by atoms with Crippen LogP contribution in [0.2, 0.25) is 0 Å². The van der Waals surface area contributed by atoms with Crippen LogP contribution in [-0.4, -0.2) is 29.0 Å². The maximum atomic E-state index is 11.8. The molecular formula is C25H43NO3. The first-order chi connectivity index (χ1) is 13.8. The summed E-state index contributed by atoms with van der Waals surface area (Å²) in [5.74, 6) is 4.60. The molecule has 0 radical (unpaired) electrons. The van der Waals surface area contributed by atoms with Crippen LogP contribution < -0.4 is 5.32 Å². The molecule has 0 spiro atoms. The Morgan fingerprint density at radius 3 is 2.52 bits per heavy atom. The van der Waals surface area contributed by atoms with Crippen molar-refractivity contribution in [1.29, 1.82) is 0 Å². The summed E-state index contributed by atoms with van der Waals surface area (Å²) >= 11 is 0. The SMILES string of the molecule is CC(CCC(=O)NCO)[C@H]1CC[C@H]2[C@@H]3CC[C@@H]4C[C@H](O)CC[C@]4(C)[C@H]3CC[C@]12C. The molecule has 0 aromatic carbocycles. The Morgan fingerprint density at radius 1 is 1.03 bits per heavy atom. The van der Waals surface area contributed by atoms with E-state index in [9.17, 15) is 9.90 Å². The van der Waals surface area contributed by atoms with E-state index in [-0.39, 0.29) is 18.7 Å². The molecule has 1 amide bonds. The van der Waals surface area contributed by atoms with E-state index in [0.29, 0.717) is 23.2 Å². The van der Waals surface area contributed by atoms with Gasteiger partial charge in [-0.1, -0.05) is 20.8 Å². The zero-order valence-corrected chi connectivity index (χ0v) is 18.8. The van der Waals surface area contributed by atoms with E-state index < -0.39 is 0 Å². The molecule has 0 saturated heterocycles. The quantitative estimate of drug-likeness (QED) is 0.590. The minimum Gasteiger partial charge on any atom is -0.393 e. The fraction of sp³-hybridized carbons (Fsp3) is 0.960. The van der Waals surface area contributed by atoms with Gasteiger partial charge in [-0.3, -0.25) is 4.79 Å². The Labute approximate surface area is 177 Å². The molecule has 4 nitrogen and oxygen atoms in total. The van der Waals surface area contributed by atoms with Gasteiger partial charge in [-0.05, 0) is 111 Å². The second-order valence-corrected chi connectivity index (χ2v) is 11.6. The van der Waals surface area contributed by atoms with Gasteiger partial charge in [0.2, 0.25) is 5.91 Å². The summed E-state index contributed by atoms with van der Waals surface area (Å²) < 4.78 is 0. The molecule has 4 saturated carbocycles. The van der Waals surface area contributed by atoms with E-state index in [4.69, 9.17) is 5.11 Å². The van der Waals surface area contributed by atoms with Gasteiger partial charge in [-0.25, -0.2) is 0 Å². The van der Waals surface area contributed by atoms with Gasteiger partial charge in [-0.15, -0.1) is 0 Å². The van der Waals surface area contributed by atoms with Crippen LogP contribution >= 0.6 is 0 Å². The van der Waals surface area contributed by atoms with Crippen molar-refractivity contribution in [1.82, 2.24) is 5.32 Å². The first-order valence-electron chi connectivity index (χ1n) is 12.3. The van der Waals surface area contributed by atoms with Gasteiger partial charge in [0.15, 0.2) is 0 Å². The molecule has 0 bridgehead atoms. The minimum atomic E-state index is -0.254. The summed E-state index contributed by atoms with van der Waals surface area (Å²) in [4.78, 5) is 11.8. The number of aliphatic hydroxyl groups is 2. The number of hydrogen-bond acceptors (Lipinski definition) is 3. The van der Waals surface area contributed by atoms with Crippen LogP contribution in [0.4, 0.5) is 0 Å². The molecular weight excluding hydrogens is 362 g/mol. The van der Waals surface area contributed by atoms with Gasteiger partial charge < -0.3 is 15.5 Å². The molecule has 0 aromatic heterocycles. The lowest BCUT2D eigenvalue weighted by Crippen LogP contribution is -2.54. The molecule has 4 heteroatoms. The van der Waals surface area contributed by atoms with Crippen molar-refractivity contribution in [2.75, 3.05) is 6.73 Å². The smallest absolute Gasteiger partial charge is 0.221 e. The van der Waals surface area contributed by atoms with E-state index in [1.54, 1.807) is 0 Å². The second kappa shape index (κ2) is 8.15. The van der Waals surface area contributed by atoms with Crippen molar-refractivity contribution in [3.63, 3.8) is 0 Å². The minimum absolute atomic E-state index is 0.0199. The topological polar surface area (TPSA) is 69.6 Å². The molecule has 0 aliphatic heterocycles. The number of amides is 1. The monoisotopic (exact) mass is 405 g/mol. The Morgan fingerprint density at radius 2 is 1.76 bits per heavy atom. The van der Waals surface area contributed by atoms with Crippen molar-refractivity contribution in [3.8, 4) is 0 Å². The van der Waals surface area contributed by atoms with Crippen LogP contribution in [-0.2, 0) is 4.79 Å². The van der Waals surface area contributed by atoms with E-state index >= 15 is 0 Å². The summed E-state index contributed by atoms with van der Waals surface area (Å²) in [5.41, 5.74) is 0.890. The molecule has 4 aliphatic rings. The Hall–Kier alpha value is -0.610. The number of carbonyl (C=O) groups is 1. The van der Waals surface area contributed by atoms with Crippen LogP contribution in [0.5, 0.6) is 0 Å². The fourth-order valence-corrected chi connectivity index (χ4v) is 8.95. The zero-order chi connectivity index (χ0) is 20.8. The maximum absolute atomic E-state index is 11.8. The van der Waals surface area contributed by atoms with Gasteiger partial charge in [0.05, 0.1) is 6.10 Å². The van der Waals surface area contributed by atoms with Gasteiger partial charge in [0, 0.05) is 6.42 Å². The van der Waals surface area contributed by atoms with E-state index in [1.165, 1.54) is 44.9 Å². The highest BCUT2D eigenvalue weighted by Crippen LogP contribution is 2.68.